The van der Waals surface area contributed by atoms with E-state index in [1.165, 1.54) is 0 Å². The molecule has 2 aromatic rings. The van der Waals surface area contributed by atoms with E-state index in [2.05, 4.69) is 9.97 Å². The zero-order valence-corrected chi connectivity index (χ0v) is 10.5. The molecule has 0 unspecified atom stereocenters. The second-order valence-corrected chi connectivity index (χ2v) is 4.08. The van der Waals surface area contributed by atoms with Crippen molar-refractivity contribution in [1.82, 2.24) is 9.97 Å². The van der Waals surface area contributed by atoms with Crippen molar-refractivity contribution in [3.05, 3.63) is 34.4 Å². The van der Waals surface area contributed by atoms with Crippen molar-refractivity contribution in [3.63, 3.8) is 0 Å². The van der Waals surface area contributed by atoms with E-state index < -0.39 is 0 Å². The number of nitrogen functional groups attached to an aromatic ring is 1. The van der Waals surface area contributed by atoms with Crippen LogP contribution in [-0.2, 0) is 0 Å². The van der Waals surface area contributed by atoms with Gasteiger partial charge in [-0.05, 0) is 12.1 Å². The molecule has 88 valence electrons. The van der Waals surface area contributed by atoms with Crippen molar-refractivity contribution < 1.29 is 4.74 Å². The molecule has 6 heteroatoms. The zero-order valence-electron chi connectivity index (χ0n) is 8.95. The van der Waals surface area contributed by atoms with E-state index in [1.54, 1.807) is 25.3 Å². The van der Waals surface area contributed by atoms with Crippen molar-refractivity contribution in [2.45, 2.75) is 0 Å². The van der Waals surface area contributed by atoms with Crippen molar-refractivity contribution in [3.8, 4) is 17.0 Å². The second-order valence-electron chi connectivity index (χ2n) is 3.28. The zero-order chi connectivity index (χ0) is 12.4. The molecular formula is C11H9Cl2N3O. The molecule has 0 saturated heterocycles. The van der Waals surface area contributed by atoms with Gasteiger partial charge < -0.3 is 10.5 Å². The lowest BCUT2D eigenvalue weighted by Crippen LogP contribution is -1.96. The highest BCUT2D eigenvalue weighted by Crippen LogP contribution is 2.30. The Kier molecular flexibility index (Phi) is 3.36. The van der Waals surface area contributed by atoms with Crippen LogP contribution in [0.5, 0.6) is 5.75 Å². The smallest absolute Gasteiger partial charge is 0.221 e. The second kappa shape index (κ2) is 4.77. The molecule has 2 N–H and O–H groups in total. The van der Waals surface area contributed by atoms with Crippen molar-refractivity contribution in [2.75, 3.05) is 12.8 Å². The minimum atomic E-state index is 0.126. The highest BCUT2D eigenvalue weighted by atomic mass is 35.5. The normalized spacial score (nSPS) is 10.3. The molecule has 0 saturated carbocycles. The summed E-state index contributed by atoms with van der Waals surface area (Å²) in [5, 5.41) is 0.825. The first kappa shape index (κ1) is 12.0. The van der Waals surface area contributed by atoms with Gasteiger partial charge in [0.05, 0.1) is 17.8 Å². The number of halogens is 2. The van der Waals surface area contributed by atoms with E-state index in [0.29, 0.717) is 21.6 Å². The highest BCUT2D eigenvalue weighted by Gasteiger charge is 2.07. The average molecular weight is 270 g/mol. The van der Waals surface area contributed by atoms with E-state index in [1.807, 2.05) is 6.07 Å². The molecule has 17 heavy (non-hydrogen) atoms. The molecule has 4 nitrogen and oxygen atoms in total. The lowest BCUT2D eigenvalue weighted by atomic mass is 10.1. The third-order valence-corrected chi connectivity index (χ3v) is 2.66. The number of anilines is 1. The Labute approximate surface area is 108 Å². The fourth-order valence-electron chi connectivity index (χ4n) is 1.40. The van der Waals surface area contributed by atoms with Crippen LogP contribution in [0.3, 0.4) is 0 Å². The molecule has 2 rings (SSSR count). The first-order valence-electron chi connectivity index (χ1n) is 4.74. The van der Waals surface area contributed by atoms with E-state index in [0.717, 1.165) is 5.56 Å². The Morgan fingerprint density at radius 2 is 1.94 bits per heavy atom. The van der Waals surface area contributed by atoms with Crippen LogP contribution in [0.1, 0.15) is 0 Å². The summed E-state index contributed by atoms with van der Waals surface area (Å²) < 4.78 is 5.13. The van der Waals surface area contributed by atoms with Crippen molar-refractivity contribution in [1.29, 1.82) is 0 Å². The number of rotatable bonds is 2. The van der Waals surface area contributed by atoms with Gasteiger partial charge >= 0.3 is 0 Å². The summed E-state index contributed by atoms with van der Waals surface area (Å²) in [5.41, 5.74) is 6.96. The fraction of sp³-hybridized carbons (Fsp3) is 0.0909. The molecule has 0 aliphatic rings. The number of nitrogens with two attached hydrogens (primary N) is 1. The maximum Gasteiger partial charge on any atom is 0.221 e. The monoisotopic (exact) mass is 269 g/mol. The molecule has 1 aromatic carbocycles. The lowest BCUT2D eigenvalue weighted by Gasteiger charge is -2.06. The van der Waals surface area contributed by atoms with Crippen LogP contribution < -0.4 is 10.5 Å². The molecule has 0 amide bonds. The maximum absolute atomic E-state index is 5.94. The van der Waals surface area contributed by atoms with Gasteiger partial charge in [-0.25, -0.2) is 9.97 Å². The van der Waals surface area contributed by atoms with Gasteiger partial charge in [-0.15, -0.1) is 0 Å². The molecular weight excluding hydrogens is 261 g/mol. The molecule has 0 fully saturated rings. The van der Waals surface area contributed by atoms with Crippen molar-refractivity contribution >= 4 is 29.2 Å². The number of benzene rings is 1. The minimum Gasteiger partial charge on any atom is -0.495 e. The summed E-state index contributed by atoms with van der Waals surface area (Å²) in [6.07, 6.45) is 0. The fourth-order valence-corrected chi connectivity index (χ4v) is 1.79. The molecule has 0 spiro atoms. The molecule has 0 aliphatic heterocycles. The Balaban J connectivity index is 2.52. The SMILES string of the molecule is COc1cc(-c2cc(Cl)nc(N)n2)ccc1Cl. The summed E-state index contributed by atoms with van der Waals surface area (Å²) in [7, 11) is 1.55. The van der Waals surface area contributed by atoms with Gasteiger partial charge in [0.25, 0.3) is 0 Å². The molecule has 0 bridgehead atoms. The predicted molar refractivity (Wildman–Crippen MR) is 68.5 cm³/mol. The third-order valence-electron chi connectivity index (χ3n) is 2.16. The summed E-state index contributed by atoms with van der Waals surface area (Å²) >= 11 is 11.8. The number of methoxy groups -OCH3 is 1. The number of aromatic nitrogens is 2. The van der Waals surface area contributed by atoms with E-state index in [9.17, 15) is 0 Å². The molecule has 0 atom stereocenters. The lowest BCUT2D eigenvalue weighted by molar-refractivity contribution is 0.415. The largest absolute Gasteiger partial charge is 0.495 e. The topological polar surface area (TPSA) is 61.0 Å². The van der Waals surface area contributed by atoms with Crippen LogP contribution in [0.2, 0.25) is 10.2 Å². The maximum atomic E-state index is 5.94. The van der Waals surface area contributed by atoms with E-state index in [-0.39, 0.29) is 5.95 Å². The number of ether oxygens (including phenoxy) is 1. The Morgan fingerprint density at radius 1 is 1.18 bits per heavy atom. The average Bonchev–Trinajstić information content (AvgIpc) is 2.28. The summed E-state index contributed by atoms with van der Waals surface area (Å²) in [4.78, 5) is 7.89. The highest BCUT2D eigenvalue weighted by molar-refractivity contribution is 6.32. The summed E-state index contributed by atoms with van der Waals surface area (Å²) in [6, 6.07) is 6.92. The summed E-state index contributed by atoms with van der Waals surface area (Å²) in [5.74, 6) is 0.693. The van der Waals surface area contributed by atoms with Crippen LogP contribution in [0.25, 0.3) is 11.3 Å². The number of nitrogens with zero attached hydrogens (tertiary/aromatic N) is 2. The molecule has 0 aliphatic carbocycles. The van der Waals surface area contributed by atoms with Crippen LogP contribution in [0.15, 0.2) is 24.3 Å². The van der Waals surface area contributed by atoms with Crippen molar-refractivity contribution in [2.24, 2.45) is 0 Å². The third kappa shape index (κ3) is 2.60. The standard InChI is InChI=1S/C11H9Cl2N3O/c1-17-9-4-6(2-3-7(9)12)8-5-10(13)16-11(14)15-8/h2-5H,1H3,(H2,14,15,16). The number of hydrogen-bond donors (Lipinski definition) is 1. The van der Waals surface area contributed by atoms with Crippen LogP contribution in [0.4, 0.5) is 5.95 Å². The van der Waals surface area contributed by atoms with E-state index >= 15 is 0 Å². The number of hydrogen-bond acceptors (Lipinski definition) is 4. The quantitative estimate of drug-likeness (QED) is 0.852. The Hall–Kier alpha value is -1.52. The predicted octanol–water partition coefficient (Wildman–Crippen LogP) is 3.04. The van der Waals surface area contributed by atoms with Gasteiger partial charge in [0.1, 0.15) is 10.9 Å². The Morgan fingerprint density at radius 3 is 2.59 bits per heavy atom. The van der Waals surface area contributed by atoms with E-state index in [4.69, 9.17) is 33.7 Å². The molecule has 1 aromatic heterocycles. The van der Waals surface area contributed by atoms with Crippen LogP contribution in [-0.4, -0.2) is 17.1 Å². The summed E-state index contributed by atoms with van der Waals surface area (Å²) in [6.45, 7) is 0. The first-order valence-corrected chi connectivity index (χ1v) is 5.49. The first-order chi connectivity index (χ1) is 8.10. The van der Waals surface area contributed by atoms with Gasteiger partial charge in [0, 0.05) is 11.6 Å². The van der Waals surface area contributed by atoms with Gasteiger partial charge in [0.2, 0.25) is 5.95 Å². The van der Waals surface area contributed by atoms with Gasteiger partial charge in [-0.2, -0.15) is 0 Å². The van der Waals surface area contributed by atoms with Gasteiger partial charge in [-0.1, -0.05) is 29.3 Å². The van der Waals surface area contributed by atoms with Gasteiger partial charge in [0.15, 0.2) is 0 Å². The molecule has 1 heterocycles. The van der Waals surface area contributed by atoms with Crippen LogP contribution in [0, 0.1) is 0 Å². The minimum absolute atomic E-state index is 0.126. The molecule has 0 radical (unpaired) electrons. The van der Waals surface area contributed by atoms with Gasteiger partial charge in [-0.3, -0.25) is 0 Å². The van der Waals surface area contributed by atoms with Crippen LogP contribution >= 0.6 is 23.2 Å². The Bertz CT molecular complexity index is 540.